The molecule has 0 atom stereocenters. The summed E-state index contributed by atoms with van der Waals surface area (Å²) in [5, 5.41) is 22.8. The third-order valence-corrected chi connectivity index (χ3v) is 4.24. The highest BCUT2D eigenvalue weighted by Crippen LogP contribution is 2.43. The molecule has 0 spiro atoms. The molecule has 2 aromatic carbocycles. The molecule has 3 rings (SSSR count). The smallest absolute Gasteiger partial charge is 0.289 e. The number of nitro groups is 2. The predicted octanol–water partition coefficient (Wildman–Crippen LogP) is 2.90. The molecule has 0 heterocycles. The lowest BCUT2D eigenvalue weighted by Crippen LogP contribution is -2.24. The van der Waals surface area contributed by atoms with E-state index in [0.29, 0.717) is 0 Å². The largest absolute Gasteiger partial charge is 0.358 e. The number of carbonyl (C=O) groups is 2. The van der Waals surface area contributed by atoms with Crippen molar-refractivity contribution in [1.82, 2.24) is 0 Å². The first-order chi connectivity index (χ1) is 11.3. The van der Waals surface area contributed by atoms with E-state index in [9.17, 15) is 29.8 Å². The normalized spacial score (nSPS) is 12.6. The highest BCUT2D eigenvalue weighted by molar-refractivity contribution is 6.30. The zero-order valence-electron chi connectivity index (χ0n) is 12.7. The van der Waals surface area contributed by atoms with Gasteiger partial charge in [0.2, 0.25) is 5.78 Å². The van der Waals surface area contributed by atoms with E-state index >= 15 is 0 Å². The average molecular weight is 326 g/mol. The highest BCUT2D eigenvalue weighted by atomic mass is 16.6. The second-order valence-corrected chi connectivity index (χ2v) is 5.42. The number of hydrogen-bond acceptors (Lipinski definition) is 6. The fraction of sp³-hybridized carbons (Fsp3) is 0.125. The van der Waals surface area contributed by atoms with Gasteiger partial charge in [-0.25, -0.2) is 0 Å². The zero-order chi connectivity index (χ0) is 17.8. The molecule has 0 saturated heterocycles. The molecule has 0 N–H and O–H groups in total. The molecule has 1 aliphatic carbocycles. The minimum Gasteiger partial charge on any atom is -0.289 e. The van der Waals surface area contributed by atoms with Crippen LogP contribution in [0.15, 0.2) is 24.3 Å². The number of nitro benzene ring substituents is 2. The van der Waals surface area contributed by atoms with Gasteiger partial charge < -0.3 is 0 Å². The highest BCUT2D eigenvalue weighted by Gasteiger charge is 2.43. The van der Waals surface area contributed by atoms with Gasteiger partial charge in [0.25, 0.3) is 0 Å². The second-order valence-electron chi connectivity index (χ2n) is 5.42. The van der Waals surface area contributed by atoms with Crippen molar-refractivity contribution in [3.05, 3.63) is 77.9 Å². The van der Waals surface area contributed by atoms with Crippen LogP contribution in [0.1, 0.15) is 43.0 Å². The zero-order valence-corrected chi connectivity index (χ0v) is 12.7. The van der Waals surface area contributed by atoms with Gasteiger partial charge in [-0.15, -0.1) is 0 Å². The van der Waals surface area contributed by atoms with Gasteiger partial charge in [-0.3, -0.25) is 29.8 Å². The van der Waals surface area contributed by atoms with E-state index < -0.39 is 38.4 Å². The lowest BCUT2D eigenvalue weighted by molar-refractivity contribution is -0.423. The standard InChI is InChI=1S/C16H10N2O6/c1-7-8(2)13(17(21)22)14(18(23)24)12-11(7)15(19)9-5-3-4-6-10(9)16(12)20/h3-6H,1-2H3. The molecule has 8 nitrogen and oxygen atoms in total. The first-order valence-corrected chi connectivity index (χ1v) is 6.91. The summed E-state index contributed by atoms with van der Waals surface area (Å²) in [6.07, 6.45) is 0. The van der Waals surface area contributed by atoms with Crippen LogP contribution in [0, 0.1) is 34.1 Å². The van der Waals surface area contributed by atoms with Crippen molar-refractivity contribution in [1.29, 1.82) is 0 Å². The van der Waals surface area contributed by atoms with Crippen LogP contribution in [0.3, 0.4) is 0 Å². The van der Waals surface area contributed by atoms with E-state index in [1.165, 1.54) is 32.0 Å². The van der Waals surface area contributed by atoms with Gasteiger partial charge >= 0.3 is 11.4 Å². The van der Waals surface area contributed by atoms with Crippen LogP contribution in [0.25, 0.3) is 0 Å². The van der Waals surface area contributed by atoms with Crippen molar-refractivity contribution in [3.8, 4) is 0 Å². The number of ketones is 2. The Labute approximate surface area is 135 Å². The summed E-state index contributed by atoms with van der Waals surface area (Å²) >= 11 is 0. The fourth-order valence-corrected chi connectivity index (χ4v) is 3.02. The summed E-state index contributed by atoms with van der Waals surface area (Å²) in [4.78, 5) is 46.4. The van der Waals surface area contributed by atoms with Gasteiger partial charge in [-0.2, -0.15) is 0 Å². The van der Waals surface area contributed by atoms with Crippen molar-refractivity contribution >= 4 is 22.9 Å². The number of fused-ring (bicyclic) bond motifs is 2. The van der Waals surface area contributed by atoms with Crippen LogP contribution in [0.4, 0.5) is 11.4 Å². The Morgan fingerprint density at radius 2 is 1.21 bits per heavy atom. The maximum Gasteiger partial charge on any atom is 0.358 e. The molecule has 0 fully saturated rings. The Balaban J connectivity index is 2.54. The summed E-state index contributed by atoms with van der Waals surface area (Å²) in [5.74, 6) is -1.29. The second kappa shape index (κ2) is 5.05. The lowest BCUT2D eigenvalue weighted by atomic mass is 9.79. The number of carbonyl (C=O) groups excluding carboxylic acids is 2. The average Bonchev–Trinajstić information content (AvgIpc) is 2.53. The Kier molecular flexibility index (Phi) is 3.26. The van der Waals surface area contributed by atoms with Crippen molar-refractivity contribution in [3.63, 3.8) is 0 Å². The number of benzene rings is 2. The minimum atomic E-state index is -0.970. The molecule has 0 bridgehead atoms. The molecule has 0 aliphatic heterocycles. The molecule has 120 valence electrons. The molecule has 8 heteroatoms. The Bertz CT molecular complexity index is 977. The molecule has 0 radical (unpaired) electrons. The molecule has 0 amide bonds. The quantitative estimate of drug-likeness (QED) is 0.527. The summed E-state index contributed by atoms with van der Waals surface area (Å²) in [6, 6.07) is 5.94. The van der Waals surface area contributed by atoms with Crippen molar-refractivity contribution < 1.29 is 19.4 Å². The number of rotatable bonds is 2. The van der Waals surface area contributed by atoms with Crippen molar-refractivity contribution in [2.75, 3.05) is 0 Å². The van der Waals surface area contributed by atoms with Crippen molar-refractivity contribution in [2.24, 2.45) is 0 Å². The minimum absolute atomic E-state index is 0.00554. The molecule has 0 saturated carbocycles. The van der Waals surface area contributed by atoms with Crippen LogP contribution >= 0.6 is 0 Å². The fourth-order valence-electron chi connectivity index (χ4n) is 3.02. The van der Waals surface area contributed by atoms with E-state index in [1.807, 2.05) is 0 Å². The first kappa shape index (κ1) is 15.5. The summed E-state index contributed by atoms with van der Waals surface area (Å²) in [5.41, 5.74) is -1.95. The molecule has 1 aliphatic rings. The molecule has 2 aromatic rings. The number of hydrogen-bond donors (Lipinski definition) is 0. The summed E-state index contributed by atoms with van der Waals surface area (Å²) in [6.45, 7) is 2.78. The van der Waals surface area contributed by atoms with E-state index in [2.05, 4.69) is 0 Å². The molecular formula is C16H10N2O6. The maximum atomic E-state index is 12.7. The SMILES string of the molecule is Cc1c(C)c([N+](=O)[O-])c([N+](=O)[O-])c2c1C(=O)c1ccccc1C2=O. The van der Waals surface area contributed by atoms with Gasteiger partial charge in [-0.1, -0.05) is 24.3 Å². The van der Waals surface area contributed by atoms with E-state index in [1.54, 1.807) is 6.07 Å². The van der Waals surface area contributed by atoms with Crippen LogP contribution in [-0.2, 0) is 0 Å². The molecule has 0 unspecified atom stereocenters. The predicted molar refractivity (Wildman–Crippen MR) is 82.5 cm³/mol. The third-order valence-electron chi connectivity index (χ3n) is 4.24. The van der Waals surface area contributed by atoms with Gasteiger partial charge in [0.15, 0.2) is 5.78 Å². The van der Waals surface area contributed by atoms with Crippen molar-refractivity contribution in [2.45, 2.75) is 13.8 Å². The van der Waals surface area contributed by atoms with Crippen LogP contribution < -0.4 is 0 Å². The first-order valence-electron chi connectivity index (χ1n) is 6.91. The van der Waals surface area contributed by atoms with E-state index in [0.717, 1.165) is 0 Å². The van der Waals surface area contributed by atoms with Gasteiger partial charge in [0.05, 0.1) is 9.85 Å². The van der Waals surface area contributed by atoms with Crippen LogP contribution in [0.2, 0.25) is 0 Å². The Hall–Kier alpha value is -3.42. The van der Waals surface area contributed by atoms with Crippen LogP contribution in [-0.4, -0.2) is 21.4 Å². The lowest BCUT2D eigenvalue weighted by Gasteiger charge is -2.20. The van der Waals surface area contributed by atoms with Gasteiger partial charge in [0.1, 0.15) is 5.56 Å². The molecular weight excluding hydrogens is 316 g/mol. The Morgan fingerprint density at radius 1 is 0.750 bits per heavy atom. The summed E-state index contributed by atoms with van der Waals surface area (Å²) < 4.78 is 0. The topological polar surface area (TPSA) is 120 Å². The third kappa shape index (κ3) is 1.86. The Morgan fingerprint density at radius 3 is 1.67 bits per heavy atom. The van der Waals surface area contributed by atoms with Gasteiger partial charge in [-0.05, 0) is 19.4 Å². The number of nitrogens with zero attached hydrogens (tertiary/aromatic N) is 2. The van der Waals surface area contributed by atoms with Gasteiger partial charge in [0, 0.05) is 22.3 Å². The maximum absolute atomic E-state index is 12.7. The monoisotopic (exact) mass is 326 g/mol. The van der Waals surface area contributed by atoms with Crippen LogP contribution in [0.5, 0.6) is 0 Å². The molecule has 0 aromatic heterocycles. The van der Waals surface area contributed by atoms with E-state index in [4.69, 9.17) is 0 Å². The van der Waals surface area contributed by atoms with E-state index in [-0.39, 0.29) is 27.8 Å². The molecule has 24 heavy (non-hydrogen) atoms. The summed E-state index contributed by atoms with van der Waals surface area (Å²) in [7, 11) is 0.